The Bertz CT molecular complexity index is 384. The molecule has 4 heteroatoms. The van der Waals surface area contributed by atoms with Crippen molar-refractivity contribution in [2.24, 2.45) is 17.8 Å². The highest BCUT2D eigenvalue weighted by atomic mass is 16.2. The van der Waals surface area contributed by atoms with E-state index in [0.717, 1.165) is 38.6 Å². The van der Waals surface area contributed by atoms with Crippen LogP contribution in [0, 0.1) is 17.8 Å². The molecule has 106 valence electrons. The third-order valence-electron chi connectivity index (χ3n) is 4.95. The van der Waals surface area contributed by atoms with Gasteiger partial charge in [0.05, 0.1) is 0 Å². The van der Waals surface area contributed by atoms with Crippen molar-refractivity contribution in [1.82, 2.24) is 10.6 Å². The van der Waals surface area contributed by atoms with E-state index in [2.05, 4.69) is 17.6 Å². The fourth-order valence-corrected chi connectivity index (χ4v) is 3.13. The summed E-state index contributed by atoms with van der Waals surface area (Å²) in [4.78, 5) is 24.6. The molecule has 0 radical (unpaired) electrons. The third-order valence-corrected chi connectivity index (χ3v) is 4.95. The predicted molar refractivity (Wildman–Crippen MR) is 72.3 cm³/mol. The van der Waals surface area contributed by atoms with E-state index in [1.54, 1.807) is 0 Å². The van der Waals surface area contributed by atoms with E-state index in [-0.39, 0.29) is 17.7 Å². The second-order valence-corrected chi connectivity index (χ2v) is 6.75. The van der Waals surface area contributed by atoms with Crippen molar-refractivity contribution in [3.8, 4) is 0 Å². The fraction of sp³-hybridized carbons (Fsp3) is 0.867. The van der Waals surface area contributed by atoms with Gasteiger partial charge in [-0.2, -0.15) is 0 Å². The highest BCUT2D eigenvalue weighted by Gasteiger charge is 2.47. The van der Waals surface area contributed by atoms with Crippen molar-refractivity contribution in [2.75, 3.05) is 6.54 Å². The Morgan fingerprint density at radius 1 is 1.21 bits per heavy atom. The molecule has 3 aliphatic rings. The molecule has 0 heterocycles. The van der Waals surface area contributed by atoms with Crippen LogP contribution in [0.5, 0.6) is 0 Å². The first-order valence-corrected chi connectivity index (χ1v) is 7.71. The number of nitrogens with one attached hydrogen (secondary N) is 2. The molecule has 3 rings (SSSR count). The van der Waals surface area contributed by atoms with Gasteiger partial charge in [-0.25, -0.2) is 0 Å². The Balaban J connectivity index is 1.60. The van der Waals surface area contributed by atoms with Crippen LogP contribution in [-0.4, -0.2) is 23.9 Å². The SMILES string of the molecule is C[C@H]1C[C@H]1C(=O)NC1(C(=O)NCC2CC2)CCCC1. The van der Waals surface area contributed by atoms with Crippen LogP contribution in [0.15, 0.2) is 0 Å². The highest BCUT2D eigenvalue weighted by Crippen LogP contribution is 2.39. The average molecular weight is 264 g/mol. The van der Waals surface area contributed by atoms with E-state index < -0.39 is 5.54 Å². The zero-order chi connectivity index (χ0) is 13.5. The van der Waals surface area contributed by atoms with E-state index in [0.29, 0.717) is 11.8 Å². The number of carbonyl (C=O) groups is 2. The predicted octanol–water partition coefficient (Wildman–Crippen LogP) is 1.60. The standard InChI is InChI=1S/C15H24N2O2/c1-10-8-12(10)13(18)17-15(6-2-3-7-15)14(19)16-9-11-4-5-11/h10-12H,2-9H2,1H3,(H,16,19)(H,17,18)/t10-,12+/m0/s1. The van der Waals surface area contributed by atoms with Crippen LogP contribution in [-0.2, 0) is 9.59 Å². The van der Waals surface area contributed by atoms with Crippen molar-refractivity contribution < 1.29 is 9.59 Å². The van der Waals surface area contributed by atoms with Gasteiger partial charge in [-0.15, -0.1) is 0 Å². The summed E-state index contributed by atoms with van der Waals surface area (Å²) in [5, 5.41) is 6.13. The Hall–Kier alpha value is -1.06. The van der Waals surface area contributed by atoms with Gasteiger partial charge < -0.3 is 10.6 Å². The molecule has 2 amide bonds. The van der Waals surface area contributed by atoms with Gasteiger partial charge in [0.1, 0.15) is 5.54 Å². The van der Waals surface area contributed by atoms with E-state index >= 15 is 0 Å². The lowest BCUT2D eigenvalue weighted by molar-refractivity contribution is -0.134. The van der Waals surface area contributed by atoms with Gasteiger partial charge in [0, 0.05) is 12.5 Å². The van der Waals surface area contributed by atoms with Crippen molar-refractivity contribution >= 4 is 11.8 Å². The first-order valence-electron chi connectivity index (χ1n) is 7.71. The summed E-state index contributed by atoms with van der Waals surface area (Å²) in [6, 6.07) is 0. The molecule has 0 aliphatic heterocycles. The van der Waals surface area contributed by atoms with Crippen LogP contribution in [0.4, 0.5) is 0 Å². The van der Waals surface area contributed by atoms with Crippen LogP contribution in [0.25, 0.3) is 0 Å². The van der Waals surface area contributed by atoms with Crippen LogP contribution in [0.3, 0.4) is 0 Å². The molecular weight excluding hydrogens is 240 g/mol. The van der Waals surface area contributed by atoms with Gasteiger partial charge in [0.25, 0.3) is 0 Å². The molecule has 0 saturated heterocycles. The maximum Gasteiger partial charge on any atom is 0.245 e. The largest absolute Gasteiger partial charge is 0.354 e. The summed E-state index contributed by atoms with van der Waals surface area (Å²) >= 11 is 0. The zero-order valence-electron chi connectivity index (χ0n) is 11.7. The summed E-state index contributed by atoms with van der Waals surface area (Å²) in [5.74, 6) is 1.47. The van der Waals surface area contributed by atoms with E-state index in [9.17, 15) is 9.59 Å². The van der Waals surface area contributed by atoms with Crippen molar-refractivity contribution in [1.29, 1.82) is 0 Å². The minimum atomic E-state index is -0.603. The molecule has 3 aliphatic carbocycles. The number of carbonyl (C=O) groups excluding carboxylic acids is 2. The monoisotopic (exact) mass is 264 g/mol. The molecule has 19 heavy (non-hydrogen) atoms. The molecule has 0 aromatic carbocycles. The maximum absolute atomic E-state index is 12.4. The van der Waals surface area contributed by atoms with E-state index in [1.165, 1.54) is 12.8 Å². The number of hydrogen-bond donors (Lipinski definition) is 2. The molecule has 4 nitrogen and oxygen atoms in total. The molecule has 0 unspecified atom stereocenters. The van der Waals surface area contributed by atoms with Gasteiger partial charge in [0.2, 0.25) is 11.8 Å². The fourth-order valence-electron chi connectivity index (χ4n) is 3.13. The molecule has 0 aromatic rings. The van der Waals surface area contributed by atoms with Gasteiger partial charge in [-0.3, -0.25) is 9.59 Å². The zero-order valence-corrected chi connectivity index (χ0v) is 11.7. The number of hydrogen-bond acceptors (Lipinski definition) is 2. The summed E-state index contributed by atoms with van der Waals surface area (Å²) in [7, 11) is 0. The normalized spacial score (nSPS) is 31.8. The first kappa shape index (κ1) is 12.9. The second-order valence-electron chi connectivity index (χ2n) is 6.75. The lowest BCUT2D eigenvalue weighted by Crippen LogP contribution is -2.57. The number of amides is 2. The summed E-state index contributed by atoms with van der Waals surface area (Å²) < 4.78 is 0. The lowest BCUT2D eigenvalue weighted by atomic mass is 9.95. The van der Waals surface area contributed by atoms with Crippen LogP contribution < -0.4 is 10.6 Å². The second kappa shape index (κ2) is 4.80. The molecule has 2 N–H and O–H groups in total. The van der Waals surface area contributed by atoms with Gasteiger partial charge in [-0.05, 0) is 43.9 Å². The van der Waals surface area contributed by atoms with E-state index in [1.807, 2.05) is 0 Å². The molecule has 0 spiro atoms. The highest BCUT2D eigenvalue weighted by molar-refractivity contribution is 5.93. The Morgan fingerprint density at radius 2 is 1.84 bits per heavy atom. The van der Waals surface area contributed by atoms with Crippen molar-refractivity contribution in [3.63, 3.8) is 0 Å². The summed E-state index contributed by atoms with van der Waals surface area (Å²) in [5.41, 5.74) is -0.603. The molecule has 0 bridgehead atoms. The summed E-state index contributed by atoms with van der Waals surface area (Å²) in [6.45, 7) is 2.88. The van der Waals surface area contributed by atoms with Crippen LogP contribution >= 0.6 is 0 Å². The molecule has 3 fully saturated rings. The topological polar surface area (TPSA) is 58.2 Å². The lowest BCUT2D eigenvalue weighted by Gasteiger charge is -2.29. The molecule has 3 saturated carbocycles. The summed E-state index contributed by atoms with van der Waals surface area (Å²) in [6.07, 6.45) is 7.13. The van der Waals surface area contributed by atoms with Crippen molar-refractivity contribution in [3.05, 3.63) is 0 Å². The molecule has 0 aromatic heterocycles. The smallest absolute Gasteiger partial charge is 0.245 e. The Morgan fingerprint density at radius 3 is 2.37 bits per heavy atom. The number of rotatable bonds is 5. The first-order chi connectivity index (χ1) is 9.11. The molecule has 2 atom stereocenters. The van der Waals surface area contributed by atoms with E-state index in [4.69, 9.17) is 0 Å². The van der Waals surface area contributed by atoms with Crippen LogP contribution in [0.1, 0.15) is 51.9 Å². The Labute approximate surface area is 114 Å². The van der Waals surface area contributed by atoms with Crippen LogP contribution in [0.2, 0.25) is 0 Å². The maximum atomic E-state index is 12.4. The van der Waals surface area contributed by atoms with Crippen molar-refractivity contribution in [2.45, 2.75) is 57.4 Å². The minimum Gasteiger partial charge on any atom is -0.354 e. The van der Waals surface area contributed by atoms with Gasteiger partial charge in [-0.1, -0.05) is 19.8 Å². The van der Waals surface area contributed by atoms with Gasteiger partial charge >= 0.3 is 0 Å². The molecular formula is C15H24N2O2. The minimum absolute atomic E-state index is 0.0542. The quantitative estimate of drug-likeness (QED) is 0.792. The third kappa shape index (κ3) is 2.77. The average Bonchev–Trinajstić information content (AvgIpc) is 3.29. The Kier molecular flexibility index (Phi) is 3.27. The van der Waals surface area contributed by atoms with Gasteiger partial charge in [0.15, 0.2) is 0 Å².